The van der Waals surface area contributed by atoms with Gasteiger partial charge in [-0.2, -0.15) is 0 Å². The van der Waals surface area contributed by atoms with Gasteiger partial charge in [0.2, 0.25) is 5.82 Å². The first-order chi connectivity index (χ1) is 4.88. The van der Waals surface area contributed by atoms with Crippen molar-refractivity contribution in [2.24, 2.45) is 0 Å². The smallest absolute Gasteiger partial charge is 0.217 e. The van der Waals surface area contributed by atoms with Gasteiger partial charge < -0.3 is 5.21 Å². The molecule has 2 rings (SSSR count). The number of hydrogen-bond donors (Lipinski definition) is 1. The Bertz CT molecular complexity index is 318. The van der Waals surface area contributed by atoms with E-state index in [4.69, 9.17) is 5.21 Å². The zero-order valence-corrected chi connectivity index (χ0v) is 4.97. The summed E-state index contributed by atoms with van der Waals surface area (Å²) in [6.45, 7) is 0. The number of aromatic nitrogens is 4. The molecule has 0 fully saturated rings. The standard InChI is InChI=1S/C5H4N4O/c10-9-5-4(1-2-8-9)6-3-7-5/h1-3,10H. The highest BCUT2D eigenvalue weighted by atomic mass is 16.5. The third-order valence-electron chi connectivity index (χ3n) is 1.20. The highest BCUT2D eigenvalue weighted by molar-refractivity contribution is 5.48. The molecule has 0 amide bonds. The maximum atomic E-state index is 8.96. The molecule has 0 saturated carbocycles. The molecule has 0 saturated heterocycles. The zero-order valence-electron chi connectivity index (χ0n) is 4.97. The highest BCUT2D eigenvalue weighted by Crippen LogP contribution is 2.11. The molecule has 0 radical (unpaired) electrons. The maximum absolute atomic E-state index is 8.96. The lowest BCUT2D eigenvalue weighted by Crippen LogP contribution is -2.02. The zero-order chi connectivity index (χ0) is 6.97. The van der Waals surface area contributed by atoms with Crippen molar-refractivity contribution in [1.29, 1.82) is 0 Å². The summed E-state index contributed by atoms with van der Waals surface area (Å²) >= 11 is 0. The molecule has 5 heteroatoms. The summed E-state index contributed by atoms with van der Waals surface area (Å²) in [4.78, 5) is 8.30. The largest absolute Gasteiger partial charge is 0.410 e. The predicted octanol–water partition coefficient (Wildman–Crippen LogP) is 0.0152. The first kappa shape index (κ1) is 5.16. The molecular formula is C5H4N4O. The summed E-state index contributed by atoms with van der Waals surface area (Å²) in [5.41, 5.74) is 0.637. The summed E-state index contributed by atoms with van der Waals surface area (Å²) in [6, 6.07) is 1.68. The average Bonchev–Trinajstić information content (AvgIpc) is 2.36. The van der Waals surface area contributed by atoms with Gasteiger partial charge in [-0.15, -0.1) is 5.10 Å². The van der Waals surface area contributed by atoms with Crippen molar-refractivity contribution in [3.63, 3.8) is 0 Å². The van der Waals surface area contributed by atoms with Crippen molar-refractivity contribution in [3.05, 3.63) is 18.6 Å². The van der Waals surface area contributed by atoms with Crippen LogP contribution in [0.4, 0.5) is 0 Å². The fourth-order valence-corrected chi connectivity index (χ4v) is 0.763. The summed E-state index contributed by atoms with van der Waals surface area (Å²) < 4.78 is 0. The molecule has 0 unspecified atom stereocenters. The molecule has 0 aromatic heterocycles. The van der Waals surface area contributed by atoms with Crippen LogP contribution in [-0.4, -0.2) is 25.1 Å². The minimum absolute atomic E-state index is 0.377. The summed E-state index contributed by atoms with van der Waals surface area (Å²) in [7, 11) is 0. The van der Waals surface area contributed by atoms with E-state index in [9.17, 15) is 0 Å². The minimum atomic E-state index is 0.377. The lowest BCUT2D eigenvalue weighted by atomic mass is 10.4. The Morgan fingerprint density at radius 1 is 1.40 bits per heavy atom. The van der Waals surface area contributed by atoms with Crippen LogP contribution in [0, 0.1) is 0 Å². The van der Waals surface area contributed by atoms with Gasteiger partial charge in [-0.1, -0.05) is 4.85 Å². The van der Waals surface area contributed by atoms with Gasteiger partial charge in [0, 0.05) is 0 Å². The summed E-state index contributed by atoms with van der Waals surface area (Å²) in [5, 5.41) is 12.5. The molecule has 0 aromatic rings. The van der Waals surface area contributed by atoms with Crippen LogP contribution >= 0.6 is 0 Å². The Balaban J connectivity index is 2.80. The van der Waals surface area contributed by atoms with Crippen LogP contribution in [-0.2, 0) is 0 Å². The van der Waals surface area contributed by atoms with Crippen LogP contribution in [0.2, 0.25) is 0 Å². The molecule has 0 aromatic carbocycles. The third-order valence-corrected chi connectivity index (χ3v) is 1.20. The van der Waals surface area contributed by atoms with Crippen molar-refractivity contribution in [1.82, 2.24) is 19.9 Å². The lowest BCUT2D eigenvalue weighted by molar-refractivity contribution is 0.146. The summed E-state index contributed by atoms with van der Waals surface area (Å²) in [5.74, 6) is 0.377. The molecule has 2 heterocycles. The van der Waals surface area contributed by atoms with Crippen LogP contribution in [0.1, 0.15) is 0 Å². The Morgan fingerprint density at radius 2 is 2.30 bits per heavy atom. The van der Waals surface area contributed by atoms with E-state index in [0.717, 1.165) is 0 Å². The van der Waals surface area contributed by atoms with Crippen molar-refractivity contribution < 1.29 is 5.21 Å². The molecular weight excluding hydrogens is 132 g/mol. The summed E-state index contributed by atoms with van der Waals surface area (Å²) in [6.07, 6.45) is 2.83. The number of fused-ring (bicyclic) bond motifs is 1. The van der Waals surface area contributed by atoms with Crippen LogP contribution in [0.25, 0.3) is 11.5 Å². The fourth-order valence-electron chi connectivity index (χ4n) is 0.763. The maximum Gasteiger partial charge on any atom is 0.217 e. The predicted molar refractivity (Wildman–Crippen MR) is 31.6 cm³/mol. The van der Waals surface area contributed by atoms with Crippen molar-refractivity contribution in [2.45, 2.75) is 0 Å². The molecule has 2 aliphatic heterocycles. The monoisotopic (exact) mass is 136 g/mol. The van der Waals surface area contributed by atoms with Crippen LogP contribution < -0.4 is 0 Å². The molecule has 0 bridgehead atoms. The third kappa shape index (κ3) is 0.540. The van der Waals surface area contributed by atoms with E-state index in [2.05, 4.69) is 15.1 Å². The second kappa shape index (κ2) is 1.66. The molecule has 2 aliphatic rings. The van der Waals surface area contributed by atoms with Gasteiger partial charge in [-0.25, -0.2) is 9.97 Å². The Hall–Kier alpha value is -1.65. The Labute approximate surface area is 56.3 Å². The topological polar surface area (TPSA) is 63.8 Å². The van der Waals surface area contributed by atoms with Crippen LogP contribution in [0.15, 0.2) is 18.6 Å². The molecule has 0 atom stereocenters. The second-order valence-electron chi connectivity index (χ2n) is 1.80. The van der Waals surface area contributed by atoms with Crippen molar-refractivity contribution in [2.75, 3.05) is 0 Å². The number of rotatable bonds is 0. The first-order valence-electron chi connectivity index (χ1n) is 2.72. The van der Waals surface area contributed by atoms with Crippen molar-refractivity contribution >= 4 is 0 Å². The molecule has 5 nitrogen and oxygen atoms in total. The number of imidazole rings is 1. The van der Waals surface area contributed by atoms with Gasteiger partial charge in [0.25, 0.3) is 0 Å². The fraction of sp³-hybridized carbons (Fsp3) is 0. The normalized spacial score (nSPS) is 10.4. The SMILES string of the molecule is On1nccc2ncnc1-2. The lowest BCUT2D eigenvalue weighted by Gasteiger charge is -1.97. The number of nitrogens with zero attached hydrogens (tertiary/aromatic N) is 4. The Kier molecular flexibility index (Phi) is 0.858. The second-order valence-corrected chi connectivity index (χ2v) is 1.80. The van der Waals surface area contributed by atoms with Gasteiger partial charge >= 0.3 is 0 Å². The van der Waals surface area contributed by atoms with Gasteiger partial charge in [0.05, 0.1) is 6.20 Å². The van der Waals surface area contributed by atoms with E-state index in [0.29, 0.717) is 16.4 Å². The van der Waals surface area contributed by atoms with Gasteiger partial charge in [0.1, 0.15) is 12.0 Å². The van der Waals surface area contributed by atoms with E-state index in [1.165, 1.54) is 12.5 Å². The van der Waals surface area contributed by atoms with E-state index in [-0.39, 0.29) is 0 Å². The molecule has 1 N–H and O–H groups in total. The van der Waals surface area contributed by atoms with E-state index >= 15 is 0 Å². The molecule has 10 heavy (non-hydrogen) atoms. The number of hydrogen-bond acceptors (Lipinski definition) is 4. The van der Waals surface area contributed by atoms with Crippen molar-refractivity contribution in [3.8, 4) is 11.5 Å². The molecule has 50 valence electrons. The Morgan fingerprint density at radius 3 is 3.10 bits per heavy atom. The van der Waals surface area contributed by atoms with Crippen LogP contribution in [0.5, 0.6) is 0 Å². The van der Waals surface area contributed by atoms with Gasteiger partial charge in [0.15, 0.2) is 0 Å². The molecule has 0 aliphatic carbocycles. The minimum Gasteiger partial charge on any atom is -0.410 e. The van der Waals surface area contributed by atoms with Gasteiger partial charge in [-0.3, -0.25) is 0 Å². The van der Waals surface area contributed by atoms with Gasteiger partial charge in [-0.05, 0) is 6.07 Å². The average molecular weight is 136 g/mol. The van der Waals surface area contributed by atoms with E-state index in [1.54, 1.807) is 6.07 Å². The quantitative estimate of drug-likeness (QED) is 0.518. The van der Waals surface area contributed by atoms with Crippen LogP contribution in [0.3, 0.4) is 0 Å². The van der Waals surface area contributed by atoms with E-state index in [1.807, 2.05) is 0 Å². The van der Waals surface area contributed by atoms with E-state index < -0.39 is 0 Å². The highest BCUT2D eigenvalue weighted by Gasteiger charge is 2.07. The molecule has 0 spiro atoms. The first-order valence-corrected chi connectivity index (χ1v) is 2.72.